The number of halogens is 1. The fourth-order valence-electron chi connectivity index (χ4n) is 0.0833. The molecule has 0 amide bonds. The van der Waals surface area contributed by atoms with Crippen molar-refractivity contribution in [3.05, 3.63) is 11.6 Å². The summed E-state index contributed by atoms with van der Waals surface area (Å²) in [4.78, 5) is 0. The highest BCUT2D eigenvalue weighted by atomic mass is 19.1. The molecule has 0 rings (SSSR count). The van der Waals surface area contributed by atoms with Gasteiger partial charge in [-0.2, -0.15) is 0 Å². The first-order chi connectivity index (χ1) is 3.18. The second kappa shape index (κ2) is 2.17. The molecule has 0 unspecified atom stereocenters. The summed E-state index contributed by atoms with van der Waals surface area (Å²) in [5.74, 6) is -1.34. The normalized spacial score (nSPS) is 7.57. The first-order valence-electron chi connectivity index (χ1n) is 1.59. The number of rotatable bonds is 1. The molecule has 7 heavy (non-hydrogen) atoms. The maximum atomic E-state index is 11.6. The van der Waals surface area contributed by atoms with E-state index in [4.69, 9.17) is 5.41 Å². The van der Waals surface area contributed by atoms with Gasteiger partial charge in [0.05, 0.1) is 6.21 Å². The van der Waals surface area contributed by atoms with Crippen molar-refractivity contribution in [2.24, 2.45) is 11.5 Å². The molecular formula is C3H6FN3. The van der Waals surface area contributed by atoms with Gasteiger partial charge in [0.15, 0.2) is 5.83 Å². The Hall–Kier alpha value is -1.06. The minimum Gasteiger partial charge on any atom is -0.383 e. The van der Waals surface area contributed by atoms with E-state index in [1.54, 1.807) is 0 Å². The molecule has 0 spiro atoms. The number of nitrogens with two attached hydrogens (primary N) is 2. The highest BCUT2D eigenvalue weighted by molar-refractivity contribution is 5.73. The largest absolute Gasteiger partial charge is 0.383 e. The van der Waals surface area contributed by atoms with Gasteiger partial charge in [-0.05, 0) is 0 Å². The van der Waals surface area contributed by atoms with Crippen LogP contribution in [0.3, 0.4) is 0 Å². The van der Waals surface area contributed by atoms with Crippen LogP contribution in [0.25, 0.3) is 0 Å². The third kappa shape index (κ3) is 1.75. The van der Waals surface area contributed by atoms with E-state index in [1.807, 2.05) is 0 Å². The molecule has 0 bridgehead atoms. The van der Waals surface area contributed by atoms with E-state index in [0.29, 0.717) is 6.21 Å². The fraction of sp³-hybridized carbons (Fsp3) is 0. The summed E-state index contributed by atoms with van der Waals surface area (Å²) in [6.45, 7) is 0. The smallest absolute Gasteiger partial charge is 0.180 e. The zero-order valence-electron chi connectivity index (χ0n) is 3.61. The summed E-state index contributed by atoms with van der Waals surface area (Å²) in [5.41, 5.74) is 9.36. The molecular weight excluding hydrogens is 97.1 g/mol. The Bertz CT molecular complexity index is 103. The van der Waals surface area contributed by atoms with Crippen LogP contribution in [0.1, 0.15) is 0 Å². The van der Waals surface area contributed by atoms with Crippen LogP contribution >= 0.6 is 0 Å². The van der Waals surface area contributed by atoms with Crippen molar-refractivity contribution in [2.45, 2.75) is 0 Å². The summed E-state index contributed by atoms with van der Waals surface area (Å²) >= 11 is 0. The SMILES string of the molecule is N=CC(F)=C(N)N. The van der Waals surface area contributed by atoms with Crippen molar-refractivity contribution in [3.63, 3.8) is 0 Å². The Balaban J connectivity index is 3.98. The molecule has 0 saturated heterocycles. The first kappa shape index (κ1) is 5.94. The molecule has 0 aromatic heterocycles. The van der Waals surface area contributed by atoms with Gasteiger partial charge in [-0.25, -0.2) is 4.39 Å². The molecule has 0 saturated carbocycles. The summed E-state index contributed by atoms with van der Waals surface area (Å²) in [5, 5.41) is 6.22. The molecule has 0 aliphatic carbocycles. The zero-order chi connectivity index (χ0) is 5.86. The van der Waals surface area contributed by atoms with Crippen molar-refractivity contribution in [3.8, 4) is 0 Å². The average molecular weight is 103 g/mol. The second-order valence-electron chi connectivity index (χ2n) is 0.948. The van der Waals surface area contributed by atoms with Crippen LogP contribution < -0.4 is 11.5 Å². The molecule has 0 atom stereocenters. The third-order valence-corrected chi connectivity index (χ3v) is 0.402. The zero-order valence-corrected chi connectivity index (χ0v) is 3.61. The first-order valence-corrected chi connectivity index (χ1v) is 1.59. The topological polar surface area (TPSA) is 75.9 Å². The number of hydrogen-bond donors (Lipinski definition) is 3. The van der Waals surface area contributed by atoms with E-state index in [9.17, 15) is 4.39 Å². The van der Waals surface area contributed by atoms with E-state index >= 15 is 0 Å². The van der Waals surface area contributed by atoms with Gasteiger partial charge < -0.3 is 16.9 Å². The molecule has 0 heterocycles. The lowest BCUT2D eigenvalue weighted by Gasteiger charge is -1.85. The highest BCUT2D eigenvalue weighted by Gasteiger charge is 1.88. The van der Waals surface area contributed by atoms with Crippen LogP contribution in [0.2, 0.25) is 0 Å². The summed E-state index contributed by atoms with van der Waals surface area (Å²) in [6, 6.07) is 0. The molecule has 0 aliphatic heterocycles. The van der Waals surface area contributed by atoms with Gasteiger partial charge in [0.25, 0.3) is 0 Å². The van der Waals surface area contributed by atoms with Gasteiger partial charge in [0.2, 0.25) is 0 Å². The molecule has 0 aromatic carbocycles. The van der Waals surface area contributed by atoms with Crippen LogP contribution in [0.4, 0.5) is 4.39 Å². The van der Waals surface area contributed by atoms with Crippen LogP contribution in [-0.4, -0.2) is 6.21 Å². The monoisotopic (exact) mass is 103 g/mol. The number of hydrogen-bond acceptors (Lipinski definition) is 3. The number of allylic oxidation sites excluding steroid dienone is 1. The Morgan fingerprint density at radius 1 is 1.57 bits per heavy atom. The van der Waals surface area contributed by atoms with E-state index in [0.717, 1.165) is 0 Å². The third-order valence-electron chi connectivity index (χ3n) is 0.402. The van der Waals surface area contributed by atoms with Gasteiger partial charge in [0.1, 0.15) is 5.82 Å². The quantitative estimate of drug-likeness (QED) is 0.398. The van der Waals surface area contributed by atoms with Crippen LogP contribution in [0.5, 0.6) is 0 Å². The Labute approximate surface area is 40.3 Å². The molecule has 4 heteroatoms. The molecule has 40 valence electrons. The van der Waals surface area contributed by atoms with Gasteiger partial charge >= 0.3 is 0 Å². The molecule has 0 radical (unpaired) electrons. The predicted molar refractivity (Wildman–Crippen MR) is 25.3 cm³/mol. The minimum absolute atomic E-state index is 0.449. The van der Waals surface area contributed by atoms with E-state index in [2.05, 4.69) is 11.5 Å². The lowest BCUT2D eigenvalue weighted by atomic mass is 10.6. The Morgan fingerprint density at radius 3 is 2.00 bits per heavy atom. The van der Waals surface area contributed by atoms with E-state index < -0.39 is 11.6 Å². The van der Waals surface area contributed by atoms with E-state index in [-0.39, 0.29) is 0 Å². The summed E-state index contributed by atoms with van der Waals surface area (Å²) < 4.78 is 11.6. The second-order valence-corrected chi connectivity index (χ2v) is 0.948. The van der Waals surface area contributed by atoms with Gasteiger partial charge in [-0.3, -0.25) is 0 Å². The van der Waals surface area contributed by atoms with Crippen LogP contribution in [-0.2, 0) is 0 Å². The molecule has 0 fully saturated rings. The molecule has 3 nitrogen and oxygen atoms in total. The van der Waals surface area contributed by atoms with Crippen LogP contribution in [0, 0.1) is 5.41 Å². The van der Waals surface area contributed by atoms with E-state index in [1.165, 1.54) is 0 Å². The van der Waals surface area contributed by atoms with Crippen molar-refractivity contribution in [1.82, 2.24) is 0 Å². The average Bonchev–Trinajstić information content (AvgIpc) is 1.65. The minimum atomic E-state index is -0.889. The Morgan fingerprint density at radius 2 is 2.00 bits per heavy atom. The number of nitrogens with one attached hydrogen (secondary N) is 1. The van der Waals surface area contributed by atoms with Gasteiger partial charge in [-0.15, -0.1) is 0 Å². The molecule has 0 aliphatic rings. The fourth-order valence-corrected chi connectivity index (χ4v) is 0.0833. The van der Waals surface area contributed by atoms with Gasteiger partial charge in [-0.1, -0.05) is 0 Å². The van der Waals surface area contributed by atoms with Crippen molar-refractivity contribution < 1.29 is 4.39 Å². The maximum Gasteiger partial charge on any atom is 0.180 e. The lowest BCUT2D eigenvalue weighted by molar-refractivity contribution is 0.668. The van der Waals surface area contributed by atoms with Crippen molar-refractivity contribution in [1.29, 1.82) is 5.41 Å². The van der Waals surface area contributed by atoms with Crippen molar-refractivity contribution in [2.75, 3.05) is 0 Å². The van der Waals surface area contributed by atoms with Crippen molar-refractivity contribution >= 4 is 6.21 Å². The standard InChI is InChI=1S/C3H6FN3/c4-2(1-5)3(6)7/h1,5H,6-7H2. The Kier molecular flexibility index (Phi) is 1.84. The van der Waals surface area contributed by atoms with Crippen LogP contribution in [0.15, 0.2) is 11.6 Å². The summed E-state index contributed by atoms with van der Waals surface area (Å²) in [6.07, 6.45) is 0.454. The predicted octanol–water partition coefficient (Wildman–Crippen LogP) is -0.308. The molecule has 0 aromatic rings. The summed E-state index contributed by atoms with van der Waals surface area (Å²) in [7, 11) is 0. The maximum absolute atomic E-state index is 11.6. The lowest BCUT2D eigenvalue weighted by Crippen LogP contribution is -2.10. The van der Waals surface area contributed by atoms with Gasteiger partial charge in [0, 0.05) is 0 Å². The highest BCUT2D eigenvalue weighted by Crippen LogP contribution is 1.87. The molecule has 5 N–H and O–H groups in total.